The SMILES string of the molecule is CSc1ccc([C@H]2CN3CCC[C@H]3c3cc(OCCCN4CCCCC4)ccc32)cc1.CSc1ccccc1.c1cc2c(cc1OCCCN1CCCCC1)[C@@H]1CCCN1CC2. The van der Waals surface area contributed by atoms with Crippen molar-refractivity contribution in [2.45, 2.75) is 111 Å². The van der Waals surface area contributed by atoms with E-state index in [0.717, 1.165) is 44.1 Å². The van der Waals surface area contributed by atoms with Crippen LogP contribution < -0.4 is 9.47 Å². The number of hydrogen-bond acceptors (Lipinski definition) is 8. The third kappa shape index (κ3) is 12.4. The van der Waals surface area contributed by atoms with Crippen LogP contribution in [0.1, 0.15) is 123 Å². The molecule has 4 aromatic rings. The maximum atomic E-state index is 6.23. The van der Waals surface area contributed by atoms with Crippen LogP contribution in [0.2, 0.25) is 0 Å². The van der Waals surface area contributed by atoms with Crippen LogP contribution in [-0.4, -0.2) is 111 Å². The van der Waals surface area contributed by atoms with Crippen LogP contribution in [0.3, 0.4) is 0 Å². The molecular formula is C54H74N4O2S2. The van der Waals surface area contributed by atoms with Gasteiger partial charge < -0.3 is 19.3 Å². The molecule has 6 aliphatic heterocycles. The van der Waals surface area contributed by atoms with E-state index in [1.165, 1.54) is 156 Å². The molecular weight excluding hydrogens is 801 g/mol. The molecule has 4 saturated heterocycles. The van der Waals surface area contributed by atoms with Crippen molar-refractivity contribution in [3.63, 3.8) is 0 Å². The zero-order valence-corrected chi connectivity index (χ0v) is 39.6. The van der Waals surface area contributed by atoms with Gasteiger partial charge in [-0.2, -0.15) is 0 Å². The molecule has 0 N–H and O–H groups in total. The Morgan fingerprint density at radius 1 is 0.516 bits per heavy atom. The van der Waals surface area contributed by atoms with Crippen LogP contribution in [0.25, 0.3) is 0 Å². The van der Waals surface area contributed by atoms with Crippen LogP contribution in [-0.2, 0) is 6.42 Å². The monoisotopic (exact) mass is 875 g/mol. The number of ether oxygens (including phenoxy) is 2. The van der Waals surface area contributed by atoms with E-state index in [9.17, 15) is 0 Å². The van der Waals surface area contributed by atoms with Crippen molar-refractivity contribution in [3.8, 4) is 11.5 Å². The number of benzene rings is 4. The van der Waals surface area contributed by atoms with Gasteiger partial charge in [0, 0.05) is 54.0 Å². The summed E-state index contributed by atoms with van der Waals surface area (Å²) in [6.45, 7) is 14.1. The highest BCUT2D eigenvalue weighted by molar-refractivity contribution is 7.98. The molecule has 6 aliphatic rings. The highest BCUT2D eigenvalue weighted by atomic mass is 32.2. The molecule has 3 atom stereocenters. The van der Waals surface area contributed by atoms with Gasteiger partial charge in [0.1, 0.15) is 11.5 Å². The summed E-state index contributed by atoms with van der Waals surface area (Å²) in [6, 6.07) is 34.5. The highest BCUT2D eigenvalue weighted by Crippen LogP contribution is 2.45. The molecule has 10 rings (SSSR count). The zero-order chi connectivity index (χ0) is 42.4. The molecule has 6 nitrogen and oxygen atoms in total. The van der Waals surface area contributed by atoms with Gasteiger partial charge in [-0.25, -0.2) is 0 Å². The fraction of sp³-hybridized carbons (Fsp3) is 0.556. The third-order valence-corrected chi connectivity index (χ3v) is 15.7. The Kier molecular flexibility index (Phi) is 17.5. The summed E-state index contributed by atoms with van der Waals surface area (Å²) in [6.07, 6.45) is 21.3. The standard InChI is InChI=1S/C27H36N2OS.C20H30N2O.C7H8S/c1-31-23-11-8-21(9-12-23)26-20-29-17-5-7-27(29)25-19-22(10-13-24(25)26)30-18-6-16-28-14-3-2-4-15-28;1-2-10-21(11-3-1)12-5-15-23-18-8-7-17-9-14-22-13-4-6-20(22)19(17)16-18;1-8-7-5-3-2-4-6-7/h8-13,19,26-27H,2-7,14-18,20H2,1H3;7-8,16,20H,1-6,9-15H2;2-6H,1H3/t26-,27+;20-;/m10./s1. The van der Waals surface area contributed by atoms with Gasteiger partial charge in [-0.3, -0.25) is 9.80 Å². The lowest BCUT2D eigenvalue weighted by atomic mass is 9.81. The largest absolute Gasteiger partial charge is 0.494 e. The van der Waals surface area contributed by atoms with E-state index < -0.39 is 0 Å². The Morgan fingerprint density at radius 3 is 1.69 bits per heavy atom. The number of rotatable bonds is 13. The molecule has 0 saturated carbocycles. The first kappa shape index (κ1) is 45.6. The molecule has 0 unspecified atom stereocenters. The lowest BCUT2D eigenvalue weighted by Gasteiger charge is -2.37. The molecule has 4 aromatic carbocycles. The van der Waals surface area contributed by atoms with Gasteiger partial charge in [0.05, 0.1) is 13.2 Å². The fourth-order valence-corrected chi connectivity index (χ4v) is 11.7. The molecule has 0 aromatic heterocycles. The molecule has 334 valence electrons. The average molecular weight is 875 g/mol. The number of fused-ring (bicyclic) bond motifs is 6. The Hall–Kier alpha value is -2.98. The minimum atomic E-state index is 0.466. The quantitative estimate of drug-likeness (QED) is 0.0970. The van der Waals surface area contributed by atoms with Gasteiger partial charge in [0.15, 0.2) is 0 Å². The van der Waals surface area contributed by atoms with E-state index >= 15 is 0 Å². The molecule has 8 heteroatoms. The fourth-order valence-electron chi connectivity index (χ4n) is 10.9. The van der Waals surface area contributed by atoms with Crippen molar-refractivity contribution < 1.29 is 9.47 Å². The Balaban J connectivity index is 0.000000149. The number of piperidine rings is 2. The molecule has 0 spiro atoms. The Labute approximate surface area is 383 Å². The summed E-state index contributed by atoms with van der Waals surface area (Å²) >= 11 is 3.58. The Morgan fingerprint density at radius 2 is 1.08 bits per heavy atom. The highest BCUT2D eigenvalue weighted by Gasteiger charge is 2.37. The predicted octanol–water partition coefficient (Wildman–Crippen LogP) is 12.0. The number of likely N-dealkylation sites (tertiary alicyclic amines) is 2. The van der Waals surface area contributed by atoms with Crippen LogP contribution in [0.5, 0.6) is 11.5 Å². The van der Waals surface area contributed by atoms with Crippen molar-refractivity contribution in [1.82, 2.24) is 19.6 Å². The van der Waals surface area contributed by atoms with Gasteiger partial charge in [-0.1, -0.05) is 55.3 Å². The second-order valence-electron chi connectivity index (χ2n) is 18.3. The van der Waals surface area contributed by atoms with E-state index in [-0.39, 0.29) is 0 Å². The van der Waals surface area contributed by atoms with Gasteiger partial charge >= 0.3 is 0 Å². The maximum absolute atomic E-state index is 6.23. The second kappa shape index (κ2) is 23.8. The molecule has 0 radical (unpaired) electrons. The summed E-state index contributed by atoms with van der Waals surface area (Å²) in [5.41, 5.74) is 7.56. The van der Waals surface area contributed by atoms with Gasteiger partial charge in [-0.05, 0) is 199 Å². The van der Waals surface area contributed by atoms with Gasteiger partial charge in [0.25, 0.3) is 0 Å². The van der Waals surface area contributed by atoms with Crippen LogP contribution in [0, 0.1) is 0 Å². The minimum Gasteiger partial charge on any atom is -0.494 e. The van der Waals surface area contributed by atoms with Crippen molar-refractivity contribution in [2.75, 3.05) is 91.2 Å². The average Bonchev–Trinajstić information content (AvgIpc) is 4.04. The first-order valence-electron chi connectivity index (χ1n) is 24.3. The molecule has 6 heterocycles. The van der Waals surface area contributed by atoms with E-state index in [0.29, 0.717) is 18.0 Å². The Bertz CT molecular complexity index is 1930. The summed E-state index contributed by atoms with van der Waals surface area (Å²) in [5.74, 6) is 2.60. The molecule has 0 bridgehead atoms. The third-order valence-electron chi connectivity index (χ3n) is 14.3. The minimum absolute atomic E-state index is 0.466. The van der Waals surface area contributed by atoms with Gasteiger partial charge in [0.2, 0.25) is 0 Å². The summed E-state index contributed by atoms with van der Waals surface area (Å²) < 4.78 is 12.3. The molecule has 4 fully saturated rings. The van der Waals surface area contributed by atoms with Crippen molar-refractivity contribution in [3.05, 3.63) is 119 Å². The van der Waals surface area contributed by atoms with Crippen LogP contribution in [0.15, 0.2) is 101 Å². The zero-order valence-electron chi connectivity index (χ0n) is 38.0. The van der Waals surface area contributed by atoms with E-state index in [2.05, 4.69) is 105 Å². The number of nitrogens with zero attached hydrogens (tertiary/aromatic N) is 4. The normalized spacial score (nSPS) is 22.5. The smallest absolute Gasteiger partial charge is 0.119 e. The van der Waals surface area contributed by atoms with Crippen molar-refractivity contribution in [2.24, 2.45) is 0 Å². The second-order valence-corrected chi connectivity index (χ2v) is 20.1. The van der Waals surface area contributed by atoms with Gasteiger partial charge in [-0.15, -0.1) is 23.5 Å². The summed E-state index contributed by atoms with van der Waals surface area (Å²) in [7, 11) is 0. The predicted molar refractivity (Wildman–Crippen MR) is 263 cm³/mol. The van der Waals surface area contributed by atoms with Crippen LogP contribution >= 0.6 is 23.5 Å². The number of thioether (sulfide) groups is 2. The lowest BCUT2D eigenvalue weighted by Crippen LogP contribution is -2.34. The maximum Gasteiger partial charge on any atom is 0.119 e. The first-order valence-corrected chi connectivity index (χ1v) is 26.8. The van der Waals surface area contributed by atoms with Crippen molar-refractivity contribution >= 4 is 23.5 Å². The summed E-state index contributed by atoms with van der Waals surface area (Å²) in [4.78, 5) is 13.2. The van der Waals surface area contributed by atoms with E-state index in [4.69, 9.17) is 9.47 Å². The summed E-state index contributed by atoms with van der Waals surface area (Å²) in [5, 5.41) is 0. The van der Waals surface area contributed by atoms with E-state index in [1.807, 2.05) is 30.0 Å². The van der Waals surface area contributed by atoms with E-state index in [1.54, 1.807) is 22.9 Å². The first-order chi connectivity index (χ1) is 30.6. The number of hydrogen-bond donors (Lipinski definition) is 0. The topological polar surface area (TPSA) is 31.4 Å². The molecule has 62 heavy (non-hydrogen) atoms. The van der Waals surface area contributed by atoms with Crippen LogP contribution in [0.4, 0.5) is 0 Å². The molecule has 0 aliphatic carbocycles. The molecule has 0 amide bonds. The lowest BCUT2D eigenvalue weighted by molar-refractivity contribution is 0.204. The van der Waals surface area contributed by atoms with Crippen molar-refractivity contribution in [1.29, 1.82) is 0 Å².